The number of hydrogen-bond donors (Lipinski definition) is 3. The van der Waals surface area contributed by atoms with Gasteiger partial charge in [0.05, 0.1) is 40.3 Å². The smallest absolute Gasteiger partial charge is 0.231 e. The summed E-state index contributed by atoms with van der Waals surface area (Å²) in [6.07, 6.45) is 9.40. The van der Waals surface area contributed by atoms with Gasteiger partial charge in [-0.2, -0.15) is 9.97 Å². The molecule has 0 spiro atoms. The number of ether oxygens (including phenoxy) is 1. The van der Waals surface area contributed by atoms with E-state index in [1.54, 1.807) is 12.4 Å². The minimum atomic E-state index is 0.470. The summed E-state index contributed by atoms with van der Waals surface area (Å²) in [7, 11) is 8.34. The van der Waals surface area contributed by atoms with Crippen LogP contribution in [0.25, 0.3) is 33.2 Å². The van der Waals surface area contributed by atoms with Crippen LogP contribution in [-0.2, 0) is 19.9 Å². The molecule has 6 aromatic rings. The third-order valence-electron chi connectivity index (χ3n) is 9.52. The predicted molar refractivity (Wildman–Crippen MR) is 193 cm³/mol. The highest BCUT2D eigenvalue weighted by Crippen LogP contribution is 2.48. The van der Waals surface area contributed by atoms with Crippen molar-refractivity contribution in [2.24, 2.45) is 7.05 Å². The van der Waals surface area contributed by atoms with Gasteiger partial charge in [0.2, 0.25) is 5.95 Å². The number of nitrogens with zero attached hydrogens (tertiary/aromatic N) is 8. The Labute approximate surface area is 279 Å². The SMILES string of the molecule is CCc1cc(-c2cc(Nc3nc(Nc4ccc5nccnc5c4N(C)C)c4cc[nH]c4n3)c3c(c2N2CCN(C)CC2)CCO3)cn1C. The molecule has 2 aliphatic rings. The van der Waals surface area contributed by atoms with Crippen molar-refractivity contribution < 1.29 is 4.74 Å². The number of piperazine rings is 1. The number of nitrogens with one attached hydrogen (secondary N) is 3. The van der Waals surface area contributed by atoms with Crippen LogP contribution in [0.2, 0.25) is 0 Å². The monoisotopic (exact) mass is 643 g/mol. The Balaban J connectivity index is 1.23. The topological polar surface area (TPSA) is 115 Å². The first-order valence-electron chi connectivity index (χ1n) is 16.6. The Morgan fingerprint density at radius 1 is 0.958 bits per heavy atom. The molecule has 0 aliphatic carbocycles. The molecular formula is C36H41N11O. The fourth-order valence-electron chi connectivity index (χ4n) is 7.09. The van der Waals surface area contributed by atoms with Gasteiger partial charge in [-0.15, -0.1) is 0 Å². The number of aryl methyl sites for hydroxylation is 2. The summed E-state index contributed by atoms with van der Waals surface area (Å²) in [5.41, 5.74) is 11.3. The van der Waals surface area contributed by atoms with Crippen molar-refractivity contribution in [3.63, 3.8) is 0 Å². The summed E-state index contributed by atoms with van der Waals surface area (Å²) in [4.78, 5) is 29.4. The van der Waals surface area contributed by atoms with Gasteiger partial charge in [-0.1, -0.05) is 6.92 Å². The molecule has 0 saturated carbocycles. The molecule has 8 rings (SSSR count). The predicted octanol–water partition coefficient (Wildman–Crippen LogP) is 5.71. The summed E-state index contributed by atoms with van der Waals surface area (Å²) in [5, 5.41) is 8.07. The lowest BCUT2D eigenvalue weighted by atomic mass is 9.97. The van der Waals surface area contributed by atoms with Crippen molar-refractivity contribution in [1.29, 1.82) is 0 Å². The lowest BCUT2D eigenvalue weighted by Gasteiger charge is -2.36. The zero-order valence-corrected chi connectivity index (χ0v) is 28.1. The Morgan fingerprint density at radius 2 is 1.79 bits per heavy atom. The minimum Gasteiger partial charge on any atom is -0.491 e. The number of aromatic nitrogens is 6. The highest BCUT2D eigenvalue weighted by Gasteiger charge is 2.30. The second-order valence-corrected chi connectivity index (χ2v) is 12.9. The summed E-state index contributed by atoms with van der Waals surface area (Å²) in [6.45, 7) is 6.87. The van der Waals surface area contributed by atoms with Crippen molar-refractivity contribution in [2.45, 2.75) is 19.8 Å². The molecule has 12 nitrogen and oxygen atoms in total. The van der Waals surface area contributed by atoms with E-state index in [2.05, 4.69) is 79.3 Å². The first-order chi connectivity index (χ1) is 23.4. The molecule has 3 N–H and O–H groups in total. The number of benzene rings is 2. The third-order valence-corrected chi connectivity index (χ3v) is 9.52. The molecule has 48 heavy (non-hydrogen) atoms. The van der Waals surface area contributed by atoms with Crippen LogP contribution in [0.3, 0.4) is 0 Å². The number of anilines is 6. The molecular weight excluding hydrogens is 602 g/mol. The first kappa shape index (κ1) is 30.0. The van der Waals surface area contributed by atoms with E-state index in [-0.39, 0.29) is 0 Å². The van der Waals surface area contributed by atoms with Crippen LogP contribution in [0, 0.1) is 0 Å². The number of hydrogen-bond acceptors (Lipinski definition) is 10. The third kappa shape index (κ3) is 5.22. The Kier molecular flexibility index (Phi) is 7.51. The molecule has 0 atom stereocenters. The lowest BCUT2D eigenvalue weighted by molar-refractivity contribution is 0.313. The second-order valence-electron chi connectivity index (χ2n) is 12.9. The van der Waals surface area contributed by atoms with Crippen LogP contribution < -0.4 is 25.2 Å². The van der Waals surface area contributed by atoms with Crippen molar-refractivity contribution in [3.05, 3.63) is 66.4 Å². The number of H-pyrrole nitrogens is 1. The molecule has 0 radical (unpaired) electrons. The summed E-state index contributed by atoms with van der Waals surface area (Å²) in [6, 6.07) is 10.5. The summed E-state index contributed by atoms with van der Waals surface area (Å²) >= 11 is 0. The zero-order valence-electron chi connectivity index (χ0n) is 28.1. The summed E-state index contributed by atoms with van der Waals surface area (Å²) in [5.74, 6) is 2.03. The lowest BCUT2D eigenvalue weighted by Crippen LogP contribution is -2.45. The molecule has 6 heterocycles. The molecule has 1 saturated heterocycles. The van der Waals surface area contributed by atoms with Gasteiger partial charge in [0.25, 0.3) is 0 Å². The molecule has 2 aromatic carbocycles. The van der Waals surface area contributed by atoms with Crippen LogP contribution in [0.5, 0.6) is 5.75 Å². The maximum absolute atomic E-state index is 6.37. The van der Waals surface area contributed by atoms with E-state index in [1.807, 2.05) is 43.4 Å². The molecule has 246 valence electrons. The van der Waals surface area contributed by atoms with E-state index in [0.29, 0.717) is 18.4 Å². The molecule has 2 aliphatic heterocycles. The second kappa shape index (κ2) is 12.0. The fourth-order valence-corrected chi connectivity index (χ4v) is 7.09. The number of likely N-dealkylation sites (N-methyl/N-ethyl adjacent to an activating group) is 1. The van der Waals surface area contributed by atoms with E-state index in [1.165, 1.54) is 28.1 Å². The van der Waals surface area contributed by atoms with Gasteiger partial charge in [0.15, 0.2) is 0 Å². The normalized spacial score (nSPS) is 14.8. The van der Waals surface area contributed by atoms with Crippen LogP contribution in [-0.4, -0.2) is 88.3 Å². The quantitative estimate of drug-likeness (QED) is 0.191. The van der Waals surface area contributed by atoms with E-state index in [0.717, 1.165) is 83.9 Å². The van der Waals surface area contributed by atoms with Gasteiger partial charge < -0.3 is 39.6 Å². The molecule has 0 bridgehead atoms. The van der Waals surface area contributed by atoms with Gasteiger partial charge in [-0.25, -0.2) is 0 Å². The Morgan fingerprint density at radius 3 is 2.58 bits per heavy atom. The van der Waals surface area contributed by atoms with Crippen molar-refractivity contribution in [2.75, 3.05) is 74.4 Å². The average Bonchev–Trinajstić information content (AvgIpc) is 3.85. The highest BCUT2D eigenvalue weighted by molar-refractivity contribution is 5.99. The zero-order chi connectivity index (χ0) is 32.9. The van der Waals surface area contributed by atoms with Gasteiger partial charge in [-0.3, -0.25) is 9.97 Å². The van der Waals surface area contributed by atoms with E-state index < -0.39 is 0 Å². The van der Waals surface area contributed by atoms with E-state index in [4.69, 9.17) is 14.7 Å². The largest absolute Gasteiger partial charge is 0.491 e. The minimum absolute atomic E-state index is 0.470. The van der Waals surface area contributed by atoms with Gasteiger partial charge in [0, 0.05) is 101 Å². The van der Waals surface area contributed by atoms with Crippen molar-refractivity contribution in [1.82, 2.24) is 34.4 Å². The van der Waals surface area contributed by atoms with Crippen molar-refractivity contribution >= 4 is 56.6 Å². The number of rotatable bonds is 8. The van der Waals surface area contributed by atoms with Crippen LogP contribution in [0.15, 0.2) is 55.1 Å². The van der Waals surface area contributed by atoms with Crippen molar-refractivity contribution in [3.8, 4) is 16.9 Å². The number of aromatic amines is 1. The standard InChI is InChI=1S/C36H41N11O/c1-6-23-19-22(21-46(23)5)26-20-29(33-24(10-18-48-33)31(26)47-16-14-45(4)15-17-47)41-36-42-34-25(9-11-39-34)35(43-36)40-28-8-7-27-30(32(28)44(2)3)38-13-12-37-27/h7-9,11-13,19-21H,6,10,14-18H2,1-5H3,(H3,39,40,41,42,43). The molecule has 4 aromatic heterocycles. The molecule has 1 fully saturated rings. The first-order valence-corrected chi connectivity index (χ1v) is 16.6. The fraction of sp³-hybridized carbons (Fsp3) is 0.333. The molecule has 0 unspecified atom stereocenters. The highest BCUT2D eigenvalue weighted by atomic mass is 16.5. The number of fused-ring (bicyclic) bond motifs is 3. The van der Waals surface area contributed by atoms with Gasteiger partial charge >= 0.3 is 0 Å². The van der Waals surface area contributed by atoms with E-state index >= 15 is 0 Å². The van der Waals surface area contributed by atoms with Gasteiger partial charge in [0.1, 0.15) is 22.7 Å². The Hall–Kier alpha value is -5.36. The van der Waals surface area contributed by atoms with Crippen LogP contribution in [0.4, 0.5) is 34.5 Å². The molecule has 12 heteroatoms. The van der Waals surface area contributed by atoms with Gasteiger partial charge in [-0.05, 0) is 43.8 Å². The van der Waals surface area contributed by atoms with Crippen LogP contribution >= 0.6 is 0 Å². The maximum Gasteiger partial charge on any atom is 0.231 e. The van der Waals surface area contributed by atoms with E-state index in [9.17, 15) is 0 Å². The Bertz CT molecular complexity index is 2140. The average molecular weight is 644 g/mol. The van der Waals surface area contributed by atoms with Crippen LogP contribution in [0.1, 0.15) is 18.2 Å². The summed E-state index contributed by atoms with van der Waals surface area (Å²) < 4.78 is 8.61. The maximum atomic E-state index is 6.37. The molecule has 0 amide bonds.